The van der Waals surface area contributed by atoms with E-state index in [0.717, 1.165) is 27.7 Å². The summed E-state index contributed by atoms with van der Waals surface area (Å²) in [5, 5.41) is 5.81. The van der Waals surface area contributed by atoms with Crippen LogP contribution in [0.1, 0.15) is 11.1 Å². The van der Waals surface area contributed by atoms with Crippen LogP contribution in [0.5, 0.6) is 5.75 Å². The minimum absolute atomic E-state index is 0.760. The zero-order valence-electron chi connectivity index (χ0n) is 11.4. The molecule has 0 bridgehead atoms. The van der Waals surface area contributed by atoms with Gasteiger partial charge in [-0.3, -0.25) is 4.68 Å². The summed E-state index contributed by atoms with van der Waals surface area (Å²) in [6, 6.07) is 12.3. The van der Waals surface area contributed by atoms with Crippen molar-refractivity contribution in [3.8, 4) is 5.75 Å². The van der Waals surface area contributed by atoms with E-state index in [1.807, 2.05) is 16.8 Å². The zero-order chi connectivity index (χ0) is 14.1. The fraction of sp³-hybridized carbons (Fsp3) is 0.188. The SMILES string of the molecule is COc1ccc(Cn2cc3cc(Br)cc(C)c3n2)cc1. The summed E-state index contributed by atoms with van der Waals surface area (Å²) in [5.41, 5.74) is 3.44. The Labute approximate surface area is 126 Å². The highest BCUT2D eigenvalue weighted by Gasteiger charge is 2.05. The van der Waals surface area contributed by atoms with Gasteiger partial charge in [0, 0.05) is 16.1 Å². The molecule has 0 radical (unpaired) electrons. The average molecular weight is 331 g/mol. The number of rotatable bonds is 3. The molecule has 1 aromatic heterocycles. The third-order valence-electron chi connectivity index (χ3n) is 3.31. The molecule has 0 fully saturated rings. The first kappa shape index (κ1) is 13.2. The first-order chi connectivity index (χ1) is 9.65. The maximum absolute atomic E-state index is 5.17. The molecule has 0 aliphatic heterocycles. The molecule has 1 heterocycles. The van der Waals surface area contributed by atoms with Gasteiger partial charge in [0.25, 0.3) is 0 Å². The van der Waals surface area contributed by atoms with Crippen LogP contribution in [0.3, 0.4) is 0 Å². The van der Waals surface area contributed by atoms with Gasteiger partial charge in [0.15, 0.2) is 0 Å². The Hall–Kier alpha value is -1.81. The molecule has 2 aromatic carbocycles. The molecule has 3 aromatic rings. The van der Waals surface area contributed by atoms with Gasteiger partial charge in [-0.1, -0.05) is 28.1 Å². The van der Waals surface area contributed by atoms with Gasteiger partial charge in [0.1, 0.15) is 5.75 Å². The Morgan fingerprint density at radius 2 is 1.95 bits per heavy atom. The summed E-state index contributed by atoms with van der Waals surface area (Å²) in [6.45, 7) is 2.84. The molecule has 0 unspecified atom stereocenters. The number of aromatic nitrogens is 2. The van der Waals surface area contributed by atoms with Crippen LogP contribution in [0.15, 0.2) is 47.1 Å². The van der Waals surface area contributed by atoms with Crippen LogP contribution in [0.2, 0.25) is 0 Å². The van der Waals surface area contributed by atoms with E-state index >= 15 is 0 Å². The Balaban J connectivity index is 1.92. The Morgan fingerprint density at radius 3 is 2.65 bits per heavy atom. The maximum Gasteiger partial charge on any atom is 0.118 e. The second kappa shape index (κ2) is 5.29. The van der Waals surface area contributed by atoms with E-state index in [1.54, 1.807) is 7.11 Å². The number of aryl methyl sites for hydroxylation is 1. The zero-order valence-corrected chi connectivity index (χ0v) is 13.0. The van der Waals surface area contributed by atoms with Crippen molar-refractivity contribution >= 4 is 26.8 Å². The number of halogens is 1. The third-order valence-corrected chi connectivity index (χ3v) is 3.77. The molecule has 102 valence electrons. The van der Waals surface area contributed by atoms with Crippen LogP contribution < -0.4 is 4.74 Å². The topological polar surface area (TPSA) is 27.1 Å². The highest BCUT2D eigenvalue weighted by molar-refractivity contribution is 9.10. The van der Waals surface area contributed by atoms with E-state index in [1.165, 1.54) is 11.1 Å². The van der Waals surface area contributed by atoms with Crippen LogP contribution in [-0.4, -0.2) is 16.9 Å². The Bertz CT molecular complexity index is 747. The average Bonchev–Trinajstić information content (AvgIpc) is 2.82. The molecule has 0 N–H and O–H groups in total. The molecular formula is C16H15BrN2O. The lowest BCUT2D eigenvalue weighted by atomic mass is 10.2. The van der Waals surface area contributed by atoms with Crippen molar-refractivity contribution in [3.05, 3.63) is 58.2 Å². The van der Waals surface area contributed by atoms with Crippen molar-refractivity contribution in [1.82, 2.24) is 9.78 Å². The van der Waals surface area contributed by atoms with Crippen molar-refractivity contribution in [1.29, 1.82) is 0 Å². The summed E-state index contributed by atoms with van der Waals surface area (Å²) < 4.78 is 8.24. The van der Waals surface area contributed by atoms with E-state index in [0.29, 0.717) is 0 Å². The number of ether oxygens (including phenoxy) is 1. The molecule has 0 saturated carbocycles. The first-order valence-corrected chi connectivity index (χ1v) is 7.21. The first-order valence-electron chi connectivity index (χ1n) is 6.42. The van der Waals surface area contributed by atoms with Gasteiger partial charge in [-0.05, 0) is 42.3 Å². The predicted molar refractivity (Wildman–Crippen MR) is 84.3 cm³/mol. The predicted octanol–water partition coefficient (Wildman–Crippen LogP) is 4.16. The van der Waals surface area contributed by atoms with Crippen molar-refractivity contribution in [2.24, 2.45) is 0 Å². The Kier molecular flexibility index (Phi) is 3.49. The minimum Gasteiger partial charge on any atom is -0.497 e. The highest BCUT2D eigenvalue weighted by Crippen LogP contribution is 2.23. The van der Waals surface area contributed by atoms with Crippen molar-refractivity contribution in [2.45, 2.75) is 13.5 Å². The summed E-state index contributed by atoms with van der Waals surface area (Å²) in [6.07, 6.45) is 2.08. The number of hydrogen-bond acceptors (Lipinski definition) is 2. The monoisotopic (exact) mass is 330 g/mol. The maximum atomic E-state index is 5.17. The van der Waals surface area contributed by atoms with Crippen LogP contribution >= 0.6 is 15.9 Å². The highest BCUT2D eigenvalue weighted by atomic mass is 79.9. The largest absolute Gasteiger partial charge is 0.497 e. The second-order valence-electron chi connectivity index (χ2n) is 4.84. The lowest BCUT2D eigenvalue weighted by Gasteiger charge is -2.03. The molecular weight excluding hydrogens is 316 g/mol. The molecule has 4 heteroatoms. The fourth-order valence-electron chi connectivity index (χ4n) is 2.31. The molecule has 3 rings (SSSR count). The van der Waals surface area contributed by atoms with Crippen LogP contribution in [-0.2, 0) is 6.54 Å². The van der Waals surface area contributed by atoms with E-state index in [4.69, 9.17) is 4.74 Å². The summed E-state index contributed by atoms with van der Waals surface area (Å²) >= 11 is 3.52. The van der Waals surface area contributed by atoms with Crippen LogP contribution in [0, 0.1) is 6.92 Å². The van der Waals surface area contributed by atoms with Gasteiger partial charge in [0.2, 0.25) is 0 Å². The molecule has 0 aliphatic rings. The molecule has 0 aliphatic carbocycles. The normalized spacial score (nSPS) is 10.9. The standard InChI is InChI=1S/C16H15BrN2O/c1-11-7-14(17)8-13-10-19(18-16(11)13)9-12-3-5-15(20-2)6-4-12/h3-8,10H,9H2,1-2H3. The van der Waals surface area contributed by atoms with Crippen molar-refractivity contribution in [3.63, 3.8) is 0 Å². The van der Waals surface area contributed by atoms with Crippen LogP contribution in [0.4, 0.5) is 0 Å². The van der Waals surface area contributed by atoms with Crippen molar-refractivity contribution < 1.29 is 4.74 Å². The number of nitrogens with zero attached hydrogens (tertiary/aromatic N) is 2. The number of fused-ring (bicyclic) bond motifs is 1. The molecule has 3 nitrogen and oxygen atoms in total. The second-order valence-corrected chi connectivity index (χ2v) is 5.75. The number of hydrogen-bond donors (Lipinski definition) is 0. The lowest BCUT2D eigenvalue weighted by Crippen LogP contribution is -1.99. The van der Waals surface area contributed by atoms with Gasteiger partial charge in [0.05, 0.1) is 19.2 Å². The summed E-state index contributed by atoms with van der Waals surface area (Å²) in [4.78, 5) is 0. The van der Waals surface area contributed by atoms with E-state index < -0.39 is 0 Å². The molecule has 0 spiro atoms. The van der Waals surface area contributed by atoms with Gasteiger partial charge in [-0.25, -0.2) is 0 Å². The van der Waals surface area contributed by atoms with Gasteiger partial charge >= 0.3 is 0 Å². The quantitative estimate of drug-likeness (QED) is 0.720. The smallest absolute Gasteiger partial charge is 0.118 e. The molecule has 20 heavy (non-hydrogen) atoms. The fourth-order valence-corrected chi connectivity index (χ4v) is 2.90. The summed E-state index contributed by atoms with van der Waals surface area (Å²) in [5.74, 6) is 0.874. The lowest BCUT2D eigenvalue weighted by molar-refractivity contribution is 0.414. The van der Waals surface area contributed by atoms with E-state index in [-0.39, 0.29) is 0 Å². The van der Waals surface area contributed by atoms with E-state index in [2.05, 4.69) is 58.4 Å². The van der Waals surface area contributed by atoms with Gasteiger partial charge in [-0.15, -0.1) is 0 Å². The van der Waals surface area contributed by atoms with Crippen LogP contribution in [0.25, 0.3) is 10.9 Å². The third kappa shape index (κ3) is 2.56. The number of methoxy groups -OCH3 is 1. The summed E-state index contributed by atoms with van der Waals surface area (Å²) in [7, 11) is 1.68. The minimum atomic E-state index is 0.760. The van der Waals surface area contributed by atoms with Gasteiger partial charge in [-0.2, -0.15) is 5.10 Å². The Morgan fingerprint density at radius 1 is 1.20 bits per heavy atom. The van der Waals surface area contributed by atoms with Gasteiger partial charge < -0.3 is 4.74 Å². The van der Waals surface area contributed by atoms with E-state index in [9.17, 15) is 0 Å². The number of benzene rings is 2. The van der Waals surface area contributed by atoms with Crippen molar-refractivity contribution in [2.75, 3.05) is 7.11 Å². The molecule has 0 saturated heterocycles. The molecule has 0 amide bonds. The molecule has 0 atom stereocenters.